The topological polar surface area (TPSA) is 76.1 Å². The Morgan fingerprint density at radius 2 is 1.76 bits per heavy atom. The summed E-state index contributed by atoms with van der Waals surface area (Å²) in [4.78, 5) is 29.0. The second-order valence-corrected chi connectivity index (χ2v) is 8.73. The van der Waals surface area contributed by atoms with Crippen molar-refractivity contribution >= 4 is 45.2 Å². The van der Waals surface area contributed by atoms with Crippen LogP contribution in [0, 0.1) is 0 Å². The van der Waals surface area contributed by atoms with Crippen molar-refractivity contribution in [2.45, 2.75) is 6.04 Å². The lowest BCUT2D eigenvalue weighted by atomic mass is 9.99. The van der Waals surface area contributed by atoms with E-state index in [9.17, 15) is 14.7 Å². The minimum Gasteiger partial charge on any atom is -0.507 e. The molecule has 1 fully saturated rings. The fourth-order valence-corrected chi connectivity index (χ4v) is 5.24. The number of hydrogen-bond donors (Lipinski definition) is 1. The lowest BCUT2D eigenvalue weighted by Gasteiger charge is -2.25. The van der Waals surface area contributed by atoms with Crippen molar-refractivity contribution in [3.8, 4) is 11.5 Å². The van der Waals surface area contributed by atoms with Gasteiger partial charge in [-0.15, -0.1) is 11.3 Å². The highest BCUT2D eigenvalue weighted by Crippen LogP contribution is 2.46. The predicted octanol–water partition coefficient (Wildman–Crippen LogP) is 5.26. The van der Waals surface area contributed by atoms with Gasteiger partial charge in [0.2, 0.25) is 6.79 Å². The number of nitrogens with zero attached hydrogens (tertiary/aromatic N) is 1. The molecule has 6 rings (SSSR count). The van der Waals surface area contributed by atoms with Crippen molar-refractivity contribution in [2.24, 2.45) is 0 Å². The van der Waals surface area contributed by atoms with Crippen molar-refractivity contribution in [3.05, 3.63) is 94.2 Å². The first-order valence-electron chi connectivity index (χ1n) is 10.4. The summed E-state index contributed by atoms with van der Waals surface area (Å²) < 4.78 is 10.8. The molecular formula is C26H17NO5S. The van der Waals surface area contributed by atoms with Gasteiger partial charge in [0.1, 0.15) is 11.8 Å². The number of aliphatic hydroxyl groups is 1. The molecule has 162 valence electrons. The average Bonchev–Trinajstić information content (AvgIpc) is 3.58. The van der Waals surface area contributed by atoms with E-state index >= 15 is 0 Å². The van der Waals surface area contributed by atoms with Gasteiger partial charge >= 0.3 is 0 Å². The standard InChI is InChI=1S/C26H17NO5S/c28-24(16-10-11-19-20(13-16)32-14-31-19)22-23(21-9-4-12-33-21)27(26(30)25(22)29)18-8-3-6-15-5-1-2-7-17(15)18/h1-13,23,28H,14H2/b24-22-. The van der Waals surface area contributed by atoms with E-state index in [1.165, 1.54) is 16.2 Å². The molecule has 2 aliphatic rings. The fraction of sp³-hybridized carbons (Fsp3) is 0.0769. The molecule has 1 N–H and O–H groups in total. The number of anilines is 1. The Bertz CT molecular complexity index is 1450. The third-order valence-corrected chi connectivity index (χ3v) is 6.85. The summed E-state index contributed by atoms with van der Waals surface area (Å²) >= 11 is 1.43. The molecule has 1 saturated heterocycles. The Morgan fingerprint density at radius 3 is 2.61 bits per heavy atom. The number of amides is 1. The quantitative estimate of drug-likeness (QED) is 0.259. The van der Waals surface area contributed by atoms with E-state index in [0.29, 0.717) is 22.7 Å². The van der Waals surface area contributed by atoms with Gasteiger partial charge in [0.05, 0.1) is 11.3 Å². The maximum absolute atomic E-state index is 13.4. The third kappa shape index (κ3) is 3.01. The van der Waals surface area contributed by atoms with Gasteiger partial charge in [0.25, 0.3) is 11.7 Å². The van der Waals surface area contributed by atoms with Crippen molar-refractivity contribution in [1.82, 2.24) is 0 Å². The normalized spacial score (nSPS) is 18.9. The van der Waals surface area contributed by atoms with E-state index in [4.69, 9.17) is 9.47 Å². The van der Waals surface area contributed by atoms with E-state index in [2.05, 4.69) is 0 Å². The Morgan fingerprint density at radius 1 is 0.939 bits per heavy atom. The van der Waals surface area contributed by atoms with Crippen LogP contribution in [0.5, 0.6) is 11.5 Å². The minimum absolute atomic E-state index is 0.0502. The van der Waals surface area contributed by atoms with Crippen molar-refractivity contribution < 1.29 is 24.2 Å². The number of thiophene rings is 1. The minimum atomic E-state index is -0.749. The number of carbonyl (C=O) groups is 2. The predicted molar refractivity (Wildman–Crippen MR) is 126 cm³/mol. The second kappa shape index (κ2) is 7.50. The van der Waals surface area contributed by atoms with Gasteiger partial charge in [0, 0.05) is 15.8 Å². The number of benzene rings is 3. The van der Waals surface area contributed by atoms with Gasteiger partial charge in [-0.1, -0.05) is 42.5 Å². The second-order valence-electron chi connectivity index (χ2n) is 7.75. The van der Waals surface area contributed by atoms with Crippen LogP contribution in [0.4, 0.5) is 5.69 Å². The van der Waals surface area contributed by atoms with Gasteiger partial charge < -0.3 is 14.6 Å². The third-order valence-electron chi connectivity index (χ3n) is 5.93. The van der Waals surface area contributed by atoms with Crippen LogP contribution in [0.3, 0.4) is 0 Å². The molecule has 1 unspecified atom stereocenters. The Kier molecular flexibility index (Phi) is 4.45. The number of hydrogen-bond acceptors (Lipinski definition) is 6. The molecule has 33 heavy (non-hydrogen) atoms. The van der Waals surface area contributed by atoms with Crippen LogP contribution < -0.4 is 14.4 Å². The van der Waals surface area contributed by atoms with Gasteiger partial charge in [-0.05, 0) is 41.1 Å². The van der Waals surface area contributed by atoms with Crippen molar-refractivity contribution in [3.63, 3.8) is 0 Å². The summed E-state index contributed by atoms with van der Waals surface area (Å²) in [5, 5.41) is 15.0. The van der Waals surface area contributed by atoms with Gasteiger partial charge in [-0.3, -0.25) is 14.5 Å². The molecule has 1 atom stereocenters. The van der Waals surface area contributed by atoms with E-state index < -0.39 is 17.7 Å². The molecule has 3 heterocycles. The summed E-state index contributed by atoms with van der Waals surface area (Å²) in [6.07, 6.45) is 0. The Hall–Kier alpha value is -4.10. The monoisotopic (exact) mass is 455 g/mol. The number of Topliss-reactive ketones (excluding diaryl/α,β-unsaturated/α-hetero) is 1. The first kappa shape index (κ1) is 19.6. The zero-order valence-electron chi connectivity index (χ0n) is 17.2. The van der Waals surface area contributed by atoms with Crippen LogP contribution in [0.25, 0.3) is 16.5 Å². The molecule has 2 aliphatic heterocycles. The molecular weight excluding hydrogens is 438 g/mol. The number of aliphatic hydroxyl groups excluding tert-OH is 1. The highest BCUT2D eigenvalue weighted by molar-refractivity contribution is 7.10. The van der Waals surface area contributed by atoms with Crippen molar-refractivity contribution in [2.75, 3.05) is 11.7 Å². The largest absolute Gasteiger partial charge is 0.507 e. The molecule has 0 radical (unpaired) electrons. The lowest BCUT2D eigenvalue weighted by molar-refractivity contribution is -0.132. The Labute approximate surface area is 192 Å². The highest BCUT2D eigenvalue weighted by Gasteiger charge is 2.47. The summed E-state index contributed by atoms with van der Waals surface area (Å²) in [7, 11) is 0. The van der Waals surface area contributed by atoms with Crippen LogP contribution >= 0.6 is 11.3 Å². The summed E-state index contributed by atoms with van der Waals surface area (Å²) in [6, 6.07) is 21.3. The molecule has 3 aromatic carbocycles. The van der Waals surface area contributed by atoms with E-state index in [1.54, 1.807) is 18.2 Å². The van der Waals surface area contributed by atoms with Crippen molar-refractivity contribution in [1.29, 1.82) is 0 Å². The molecule has 4 aromatic rings. The van der Waals surface area contributed by atoms with Crippen LogP contribution in [0.1, 0.15) is 16.5 Å². The molecule has 0 aliphatic carbocycles. The maximum Gasteiger partial charge on any atom is 0.300 e. The van der Waals surface area contributed by atoms with Gasteiger partial charge in [-0.2, -0.15) is 0 Å². The smallest absolute Gasteiger partial charge is 0.300 e. The molecule has 1 amide bonds. The molecule has 0 bridgehead atoms. The zero-order chi connectivity index (χ0) is 22.5. The maximum atomic E-state index is 13.4. The van der Waals surface area contributed by atoms with Gasteiger partial charge in [-0.25, -0.2) is 0 Å². The SMILES string of the molecule is O=C1C(=O)N(c2cccc3ccccc23)C(c2cccs2)/C1=C(/O)c1ccc2c(c1)OCO2. The number of ketones is 1. The first-order valence-corrected chi connectivity index (χ1v) is 11.2. The first-order chi connectivity index (χ1) is 16.1. The molecule has 1 aromatic heterocycles. The number of fused-ring (bicyclic) bond motifs is 2. The average molecular weight is 455 g/mol. The highest BCUT2D eigenvalue weighted by atomic mass is 32.1. The molecule has 6 nitrogen and oxygen atoms in total. The fourth-order valence-electron chi connectivity index (χ4n) is 4.41. The van der Waals surface area contributed by atoms with Crippen LogP contribution in [0.15, 0.2) is 83.7 Å². The summed E-state index contributed by atoms with van der Waals surface area (Å²) in [6.45, 7) is 0.0974. The molecule has 0 spiro atoms. The molecule has 0 saturated carbocycles. The summed E-state index contributed by atoms with van der Waals surface area (Å²) in [5.74, 6) is -0.594. The van der Waals surface area contributed by atoms with Crippen LogP contribution in [-0.2, 0) is 9.59 Å². The van der Waals surface area contributed by atoms with Crippen LogP contribution in [0.2, 0.25) is 0 Å². The number of ether oxygens (including phenoxy) is 2. The van der Waals surface area contributed by atoms with E-state index in [0.717, 1.165) is 15.6 Å². The lowest BCUT2D eigenvalue weighted by Crippen LogP contribution is -2.29. The van der Waals surface area contributed by atoms with Crippen LogP contribution in [-0.4, -0.2) is 23.6 Å². The van der Waals surface area contributed by atoms with Gasteiger partial charge in [0.15, 0.2) is 11.5 Å². The molecule has 7 heteroatoms. The summed E-state index contributed by atoms with van der Waals surface area (Å²) in [5.41, 5.74) is 1.06. The number of rotatable bonds is 3. The Balaban J connectivity index is 1.57. The van der Waals surface area contributed by atoms with E-state index in [1.807, 2.05) is 60.0 Å². The van der Waals surface area contributed by atoms with E-state index in [-0.39, 0.29) is 18.1 Å². The number of carbonyl (C=O) groups excluding carboxylic acids is 2. The zero-order valence-corrected chi connectivity index (χ0v) is 18.0.